The molecule has 1 amide bonds. The molecule has 0 aliphatic heterocycles. The van der Waals surface area contributed by atoms with Crippen LogP contribution in [0.1, 0.15) is 20.9 Å². The summed E-state index contributed by atoms with van der Waals surface area (Å²) in [7, 11) is 0. The molecule has 1 heterocycles. The number of anilines is 3. The SMILES string of the molecule is Cc1nc(Nc2ccc(F)cc2)sc1C(=O)Nc1ccc(Cl)c(C(F)(F)F)c1. The van der Waals surface area contributed by atoms with Crippen molar-refractivity contribution in [3.8, 4) is 0 Å². The van der Waals surface area contributed by atoms with Crippen LogP contribution in [0.2, 0.25) is 5.02 Å². The van der Waals surface area contributed by atoms with Gasteiger partial charge in [-0.2, -0.15) is 13.2 Å². The Kier molecular flexibility index (Phi) is 5.57. The van der Waals surface area contributed by atoms with Gasteiger partial charge >= 0.3 is 6.18 Å². The molecule has 3 aromatic rings. The number of aromatic nitrogens is 1. The molecule has 4 nitrogen and oxygen atoms in total. The zero-order valence-electron chi connectivity index (χ0n) is 14.2. The maximum atomic E-state index is 13.0. The van der Waals surface area contributed by atoms with Gasteiger partial charge < -0.3 is 10.6 Å². The van der Waals surface area contributed by atoms with Crippen molar-refractivity contribution in [2.75, 3.05) is 10.6 Å². The molecule has 0 spiro atoms. The molecule has 0 aliphatic rings. The lowest BCUT2D eigenvalue weighted by Gasteiger charge is -2.11. The van der Waals surface area contributed by atoms with E-state index in [1.165, 1.54) is 30.3 Å². The van der Waals surface area contributed by atoms with E-state index in [0.29, 0.717) is 16.5 Å². The van der Waals surface area contributed by atoms with E-state index >= 15 is 0 Å². The first-order valence-corrected chi connectivity index (χ1v) is 9.01. The Morgan fingerprint density at radius 3 is 2.39 bits per heavy atom. The Bertz CT molecular complexity index is 1020. The Morgan fingerprint density at radius 1 is 1.11 bits per heavy atom. The smallest absolute Gasteiger partial charge is 0.332 e. The average molecular weight is 430 g/mol. The van der Waals surface area contributed by atoms with Crippen LogP contribution in [0.15, 0.2) is 42.5 Å². The lowest BCUT2D eigenvalue weighted by Crippen LogP contribution is -2.13. The van der Waals surface area contributed by atoms with Gasteiger partial charge in [0.1, 0.15) is 10.7 Å². The molecule has 0 aliphatic carbocycles. The number of aryl methyl sites for hydroxylation is 1. The van der Waals surface area contributed by atoms with Gasteiger partial charge in [0.25, 0.3) is 5.91 Å². The second-order valence-electron chi connectivity index (χ2n) is 5.71. The molecule has 1 aromatic heterocycles. The zero-order chi connectivity index (χ0) is 20.5. The van der Waals surface area contributed by atoms with Crippen molar-refractivity contribution in [3.05, 3.63) is 69.4 Å². The van der Waals surface area contributed by atoms with Crippen LogP contribution in [-0.4, -0.2) is 10.9 Å². The fraction of sp³-hybridized carbons (Fsp3) is 0.111. The predicted molar refractivity (Wildman–Crippen MR) is 101 cm³/mol. The van der Waals surface area contributed by atoms with Crippen molar-refractivity contribution in [1.82, 2.24) is 4.98 Å². The van der Waals surface area contributed by atoms with Gasteiger partial charge in [-0.3, -0.25) is 4.79 Å². The van der Waals surface area contributed by atoms with Gasteiger partial charge in [-0.1, -0.05) is 22.9 Å². The molecule has 10 heteroatoms. The van der Waals surface area contributed by atoms with Gasteiger partial charge in [-0.15, -0.1) is 0 Å². The molecule has 146 valence electrons. The van der Waals surface area contributed by atoms with Gasteiger partial charge in [0.2, 0.25) is 0 Å². The van der Waals surface area contributed by atoms with Crippen molar-refractivity contribution in [3.63, 3.8) is 0 Å². The summed E-state index contributed by atoms with van der Waals surface area (Å²) >= 11 is 6.60. The van der Waals surface area contributed by atoms with Crippen molar-refractivity contribution >= 4 is 45.4 Å². The molecule has 0 atom stereocenters. The molecule has 0 fully saturated rings. The van der Waals surface area contributed by atoms with E-state index in [1.807, 2.05) is 0 Å². The van der Waals surface area contributed by atoms with E-state index in [-0.39, 0.29) is 16.4 Å². The quantitative estimate of drug-likeness (QED) is 0.481. The monoisotopic (exact) mass is 429 g/mol. The molecule has 2 aromatic carbocycles. The summed E-state index contributed by atoms with van der Waals surface area (Å²) in [5.74, 6) is -0.986. The highest BCUT2D eigenvalue weighted by Gasteiger charge is 2.33. The van der Waals surface area contributed by atoms with E-state index in [0.717, 1.165) is 23.5 Å². The highest BCUT2D eigenvalue weighted by Crippen LogP contribution is 2.36. The summed E-state index contributed by atoms with van der Waals surface area (Å²) in [6.45, 7) is 1.60. The number of nitrogens with one attached hydrogen (secondary N) is 2. The molecule has 0 saturated heterocycles. The van der Waals surface area contributed by atoms with Crippen LogP contribution in [-0.2, 0) is 6.18 Å². The molecule has 0 radical (unpaired) electrons. The van der Waals surface area contributed by atoms with E-state index in [2.05, 4.69) is 15.6 Å². The minimum atomic E-state index is -4.63. The van der Waals surface area contributed by atoms with E-state index in [1.54, 1.807) is 6.92 Å². The van der Waals surface area contributed by atoms with Crippen molar-refractivity contribution in [1.29, 1.82) is 0 Å². The average Bonchev–Trinajstić information content (AvgIpc) is 2.98. The predicted octanol–water partition coefficient (Wildman–Crippen LogP) is 6.26. The third-order valence-corrected chi connectivity index (χ3v) is 5.03. The largest absolute Gasteiger partial charge is 0.417 e. The van der Waals surface area contributed by atoms with Crippen molar-refractivity contribution < 1.29 is 22.4 Å². The molecule has 0 unspecified atom stereocenters. The first-order chi connectivity index (χ1) is 13.1. The highest BCUT2D eigenvalue weighted by molar-refractivity contribution is 7.17. The van der Waals surface area contributed by atoms with Crippen molar-refractivity contribution in [2.45, 2.75) is 13.1 Å². The van der Waals surface area contributed by atoms with E-state index in [9.17, 15) is 22.4 Å². The number of thiazole rings is 1. The van der Waals surface area contributed by atoms with Crippen LogP contribution in [0.25, 0.3) is 0 Å². The molecule has 0 saturated carbocycles. The summed E-state index contributed by atoms with van der Waals surface area (Å²) in [5.41, 5.74) is -0.0963. The Morgan fingerprint density at radius 2 is 1.75 bits per heavy atom. The van der Waals surface area contributed by atoms with Crippen LogP contribution >= 0.6 is 22.9 Å². The Hall–Kier alpha value is -2.65. The first-order valence-electron chi connectivity index (χ1n) is 7.81. The lowest BCUT2D eigenvalue weighted by atomic mass is 10.2. The van der Waals surface area contributed by atoms with Crippen LogP contribution in [0.4, 0.5) is 34.1 Å². The second kappa shape index (κ2) is 7.76. The molecular formula is C18H12ClF4N3OS. The number of halogens is 5. The van der Waals surface area contributed by atoms with Crippen molar-refractivity contribution in [2.24, 2.45) is 0 Å². The van der Waals surface area contributed by atoms with Crippen LogP contribution in [0.3, 0.4) is 0 Å². The van der Waals surface area contributed by atoms with Gasteiger partial charge in [-0.05, 0) is 49.4 Å². The number of carbonyl (C=O) groups is 1. The number of nitrogens with zero attached hydrogens (tertiary/aromatic N) is 1. The van der Waals surface area contributed by atoms with Crippen LogP contribution < -0.4 is 10.6 Å². The van der Waals surface area contributed by atoms with E-state index < -0.39 is 22.7 Å². The lowest BCUT2D eigenvalue weighted by molar-refractivity contribution is -0.137. The second-order valence-corrected chi connectivity index (χ2v) is 7.12. The number of rotatable bonds is 4. The van der Waals surface area contributed by atoms with Gasteiger partial charge in [0.15, 0.2) is 5.13 Å². The molecule has 0 bridgehead atoms. The minimum absolute atomic E-state index is 0.0393. The number of hydrogen-bond acceptors (Lipinski definition) is 4. The number of carbonyl (C=O) groups excluding carboxylic acids is 1. The fourth-order valence-electron chi connectivity index (χ4n) is 2.33. The van der Waals surface area contributed by atoms with Gasteiger partial charge in [0, 0.05) is 11.4 Å². The fourth-order valence-corrected chi connectivity index (χ4v) is 3.43. The zero-order valence-corrected chi connectivity index (χ0v) is 15.8. The summed E-state index contributed by atoms with van der Waals surface area (Å²) in [6, 6.07) is 8.69. The first kappa shape index (κ1) is 20.1. The number of benzene rings is 2. The van der Waals surface area contributed by atoms with Crippen LogP contribution in [0, 0.1) is 12.7 Å². The number of amides is 1. The number of hydrogen-bond donors (Lipinski definition) is 2. The maximum Gasteiger partial charge on any atom is 0.417 e. The van der Waals surface area contributed by atoms with Gasteiger partial charge in [0.05, 0.1) is 16.3 Å². The summed E-state index contributed by atoms with van der Waals surface area (Å²) in [6.07, 6.45) is -4.63. The third kappa shape index (κ3) is 4.60. The summed E-state index contributed by atoms with van der Waals surface area (Å²) < 4.78 is 51.8. The Balaban J connectivity index is 1.78. The topological polar surface area (TPSA) is 54.0 Å². The third-order valence-electron chi connectivity index (χ3n) is 3.63. The Labute approximate surface area is 166 Å². The maximum absolute atomic E-state index is 13.0. The molecule has 28 heavy (non-hydrogen) atoms. The van der Waals surface area contributed by atoms with E-state index in [4.69, 9.17) is 11.6 Å². The normalized spacial score (nSPS) is 11.4. The van der Waals surface area contributed by atoms with Gasteiger partial charge in [-0.25, -0.2) is 9.37 Å². The number of alkyl halides is 3. The summed E-state index contributed by atoms with van der Waals surface area (Å²) in [5, 5.41) is 5.30. The van der Waals surface area contributed by atoms with Crippen LogP contribution in [0.5, 0.6) is 0 Å². The standard InChI is InChI=1S/C18H12ClF4N3OS/c1-9-15(28-17(24-9)26-11-4-2-10(20)3-5-11)16(27)25-12-6-7-14(19)13(8-12)18(21,22)23/h2-8H,1H3,(H,24,26)(H,25,27). The summed E-state index contributed by atoms with van der Waals surface area (Å²) in [4.78, 5) is 16.9. The molecule has 3 rings (SSSR count). The molecular weight excluding hydrogens is 418 g/mol. The highest BCUT2D eigenvalue weighted by atomic mass is 35.5. The minimum Gasteiger partial charge on any atom is -0.332 e. The molecule has 2 N–H and O–H groups in total.